The molecular formula is C16H15F2N5O. The quantitative estimate of drug-likeness (QED) is 0.797. The van der Waals surface area contributed by atoms with Gasteiger partial charge in [0.15, 0.2) is 0 Å². The second kappa shape index (κ2) is 6.31. The third kappa shape index (κ3) is 3.08. The van der Waals surface area contributed by atoms with Gasteiger partial charge in [-0.15, -0.1) is 0 Å². The predicted molar refractivity (Wildman–Crippen MR) is 83.6 cm³/mol. The number of aryl methyl sites for hydroxylation is 2. The van der Waals surface area contributed by atoms with Crippen LogP contribution in [0, 0.1) is 25.5 Å². The first-order valence-corrected chi connectivity index (χ1v) is 7.36. The van der Waals surface area contributed by atoms with Crippen molar-refractivity contribution in [1.82, 2.24) is 19.6 Å². The molecule has 0 aliphatic heterocycles. The first-order chi connectivity index (χ1) is 11.5. The average molecular weight is 331 g/mol. The fourth-order valence-corrected chi connectivity index (χ4v) is 2.56. The largest absolute Gasteiger partial charge is 0.324 e. The molecule has 2 heterocycles. The van der Waals surface area contributed by atoms with Crippen LogP contribution in [0.15, 0.2) is 24.5 Å². The fourth-order valence-electron chi connectivity index (χ4n) is 2.56. The number of anilines is 1. The summed E-state index contributed by atoms with van der Waals surface area (Å²) in [4.78, 5) is 20.4. The van der Waals surface area contributed by atoms with E-state index in [0.29, 0.717) is 12.2 Å². The zero-order valence-corrected chi connectivity index (χ0v) is 13.2. The molecule has 0 fully saturated rings. The summed E-state index contributed by atoms with van der Waals surface area (Å²) in [6, 6.07) is 2.92. The lowest BCUT2D eigenvalue weighted by Crippen LogP contribution is -2.15. The van der Waals surface area contributed by atoms with Crippen molar-refractivity contribution in [2.75, 3.05) is 5.32 Å². The molecule has 0 bridgehead atoms. The second-order valence-electron chi connectivity index (χ2n) is 5.41. The molecule has 8 heteroatoms. The maximum Gasteiger partial charge on any atom is 0.252 e. The van der Waals surface area contributed by atoms with Gasteiger partial charge in [-0.25, -0.2) is 18.3 Å². The number of carbonyl (C=O) groups excluding carboxylic acids is 1. The van der Waals surface area contributed by atoms with Crippen LogP contribution >= 0.6 is 0 Å². The highest BCUT2D eigenvalue weighted by atomic mass is 19.1. The smallest absolute Gasteiger partial charge is 0.252 e. The van der Waals surface area contributed by atoms with Gasteiger partial charge >= 0.3 is 0 Å². The Labute approximate surface area is 136 Å². The lowest BCUT2D eigenvalue weighted by molar-refractivity contribution is -0.116. The van der Waals surface area contributed by atoms with Crippen molar-refractivity contribution in [3.8, 4) is 0 Å². The Morgan fingerprint density at radius 1 is 1.29 bits per heavy atom. The number of carbonyl (C=O) groups is 1. The van der Waals surface area contributed by atoms with Gasteiger partial charge in [-0.1, -0.05) is 0 Å². The van der Waals surface area contributed by atoms with Crippen molar-refractivity contribution in [2.45, 2.75) is 26.7 Å². The van der Waals surface area contributed by atoms with Crippen LogP contribution in [0.25, 0.3) is 5.78 Å². The Hall–Kier alpha value is -2.90. The number of halogens is 2. The van der Waals surface area contributed by atoms with Gasteiger partial charge in [-0.05, 0) is 38.0 Å². The summed E-state index contributed by atoms with van der Waals surface area (Å²) in [5, 5.41) is 6.47. The molecule has 3 aromatic rings. The van der Waals surface area contributed by atoms with Gasteiger partial charge < -0.3 is 5.32 Å². The molecule has 24 heavy (non-hydrogen) atoms. The maximum absolute atomic E-state index is 13.6. The Bertz CT molecular complexity index is 922. The number of amides is 1. The molecule has 0 atom stereocenters. The van der Waals surface area contributed by atoms with E-state index in [9.17, 15) is 13.6 Å². The van der Waals surface area contributed by atoms with E-state index in [4.69, 9.17) is 0 Å². The lowest BCUT2D eigenvalue weighted by Gasteiger charge is -2.11. The zero-order valence-electron chi connectivity index (χ0n) is 13.2. The molecule has 0 aliphatic carbocycles. The van der Waals surface area contributed by atoms with Gasteiger partial charge in [0, 0.05) is 23.9 Å². The molecule has 2 aromatic heterocycles. The number of rotatable bonds is 4. The molecule has 124 valence electrons. The van der Waals surface area contributed by atoms with E-state index in [0.717, 1.165) is 35.2 Å². The SMILES string of the molecule is Cc1nc2ncnn2c(C)c1CCC(=O)Nc1cc(F)ccc1F. The fraction of sp³-hybridized carbons (Fsp3) is 0.250. The van der Waals surface area contributed by atoms with Crippen molar-refractivity contribution < 1.29 is 13.6 Å². The number of nitrogens with zero attached hydrogens (tertiary/aromatic N) is 4. The van der Waals surface area contributed by atoms with Crippen LogP contribution in [0.2, 0.25) is 0 Å². The molecule has 3 rings (SSSR count). The van der Waals surface area contributed by atoms with E-state index >= 15 is 0 Å². The van der Waals surface area contributed by atoms with Crippen LogP contribution in [0.5, 0.6) is 0 Å². The summed E-state index contributed by atoms with van der Waals surface area (Å²) in [6.07, 6.45) is 1.93. The first-order valence-electron chi connectivity index (χ1n) is 7.36. The van der Waals surface area contributed by atoms with E-state index in [2.05, 4.69) is 20.4 Å². The molecule has 0 unspecified atom stereocenters. The first kappa shape index (κ1) is 16.0. The number of benzene rings is 1. The monoisotopic (exact) mass is 331 g/mol. The van der Waals surface area contributed by atoms with Crippen LogP contribution in [0.1, 0.15) is 23.4 Å². The van der Waals surface area contributed by atoms with Crippen LogP contribution in [0.4, 0.5) is 14.5 Å². The molecular weight excluding hydrogens is 316 g/mol. The topological polar surface area (TPSA) is 72.2 Å². The highest BCUT2D eigenvalue weighted by Gasteiger charge is 2.13. The number of aromatic nitrogens is 4. The van der Waals surface area contributed by atoms with Crippen molar-refractivity contribution in [1.29, 1.82) is 0 Å². The van der Waals surface area contributed by atoms with Crippen LogP contribution in [0.3, 0.4) is 0 Å². The van der Waals surface area contributed by atoms with E-state index in [-0.39, 0.29) is 12.1 Å². The van der Waals surface area contributed by atoms with Crippen molar-refractivity contribution in [3.05, 3.63) is 53.1 Å². The molecule has 0 saturated carbocycles. The molecule has 1 N–H and O–H groups in total. The van der Waals surface area contributed by atoms with E-state index in [1.165, 1.54) is 6.33 Å². The average Bonchev–Trinajstić information content (AvgIpc) is 2.99. The Balaban J connectivity index is 1.73. The standard InChI is InChI=1S/C16H15F2N5O/c1-9-12(10(2)23-16(21-9)19-8-20-23)4-6-15(24)22-14-7-11(17)3-5-13(14)18/h3,5,7-8H,4,6H2,1-2H3,(H,22,24). The maximum atomic E-state index is 13.6. The Kier molecular flexibility index (Phi) is 4.20. The van der Waals surface area contributed by atoms with Gasteiger partial charge in [0.25, 0.3) is 5.78 Å². The zero-order chi connectivity index (χ0) is 17.3. The van der Waals surface area contributed by atoms with Crippen molar-refractivity contribution >= 4 is 17.4 Å². The summed E-state index contributed by atoms with van der Waals surface area (Å²) in [7, 11) is 0. The molecule has 6 nitrogen and oxygen atoms in total. The molecule has 0 spiro atoms. The van der Waals surface area contributed by atoms with E-state index < -0.39 is 17.5 Å². The minimum absolute atomic E-state index is 0.111. The number of nitrogens with one attached hydrogen (secondary N) is 1. The highest BCUT2D eigenvalue weighted by molar-refractivity contribution is 5.91. The third-order valence-corrected chi connectivity index (χ3v) is 3.79. The number of fused-ring (bicyclic) bond motifs is 1. The Morgan fingerprint density at radius 3 is 2.88 bits per heavy atom. The minimum Gasteiger partial charge on any atom is -0.324 e. The molecule has 0 saturated heterocycles. The van der Waals surface area contributed by atoms with Gasteiger partial charge in [0.1, 0.15) is 18.0 Å². The van der Waals surface area contributed by atoms with Gasteiger partial charge in [-0.3, -0.25) is 4.79 Å². The minimum atomic E-state index is -0.678. The summed E-state index contributed by atoms with van der Waals surface area (Å²) in [5.74, 6) is -1.20. The summed E-state index contributed by atoms with van der Waals surface area (Å²) in [5.41, 5.74) is 2.32. The van der Waals surface area contributed by atoms with E-state index in [1.54, 1.807) is 4.52 Å². The summed E-state index contributed by atoms with van der Waals surface area (Å²) < 4.78 is 28.3. The van der Waals surface area contributed by atoms with Gasteiger partial charge in [0.2, 0.25) is 5.91 Å². The van der Waals surface area contributed by atoms with E-state index in [1.807, 2.05) is 13.8 Å². The molecule has 0 aliphatic rings. The molecule has 0 radical (unpaired) electrons. The van der Waals surface area contributed by atoms with Gasteiger partial charge in [-0.2, -0.15) is 10.1 Å². The number of hydrogen-bond donors (Lipinski definition) is 1. The highest BCUT2D eigenvalue weighted by Crippen LogP contribution is 2.18. The summed E-state index contributed by atoms with van der Waals surface area (Å²) in [6.45, 7) is 3.71. The third-order valence-electron chi connectivity index (χ3n) is 3.79. The Morgan fingerprint density at radius 2 is 2.08 bits per heavy atom. The lowest BCUT2D eigenvalue weighted by atomic mass is 10.1. The molecule has 1 aromatic carbocycles. The second-order valence-corrected chi connectivity index (χ2v) is 5.41. The van der Waals surface area contributed by atoms with Gasteiger partial charge in [0.05, 0.1) is 5.69 Å². The predicted octanol–water partition coefficient (Wildman–Crippen LogP) is 2.59. The van der Waals surface area contributed by atoms with Crippen LogP contribution in [-0.2, 0) is 11.2 Å². The number of hydrogen-bond acceptors (Lipinski definition) is 4. The normalized spacial score (nSPS) is 11.0. The molecule has 1 amide bonds. The van der Waals surface area contributed by atoms with Crippen LogP contribution in [-0.4, -0.2) is 25.5 Å². The van der Waals surface area contributed by atoms with Crippen molar-refractivity contribution in [3.63, 3.8) is 0 Å². The van der Waals surface area contributed by atoms with Crippen molar-refractivity contribution in [2.24, 2.45) is 0 Å². The van der Waals surface area contributed by atoms with Crippen LogP contribution < -0.4 is 5.32 Å². The summed E-state index contributed by atoms with van der Waals surface area (Å²) >= 11 is 0.